The summed E-state index contributed by atoms with van der Waals surface area (Å²) in [5, 5.41) is 17.8. The van der Waals surface area contributed by atoms with Gasteiger partial charge in [0.25, 0.3) is 0 Å². The van der Waals surface area contributed by atoms with Crippen LogP contribution in [-0.4, -0.2) is 45.4 Å². The number of carboxylic acids is 2. The lowest BCUT2D eigenvalue weighted by Crippen LogP contribution is -2.65. The van der Waals surface area contributed by atoms with Gasteiger partial charge < -0.3 is 10.2 Å². The Balaban J connectivity index is 2.59. The second-order valence-electron chi connectivity index (χ2n) is 4.55. The molecule has 3 N–H and O–H groups in total. The van der Waals surface area contributed by atoms with Gasteiger partial charge in [0, 0.05) is 12.1 Å². The fourth-order valence-corrected chi connectivity index (χ4v) is 2.44. The Labute approximate surface area is 129 Å². The van der Waals surface area contributed by atoms with E-state index in [2.05, 4.69) is 5.43 Å². The van der Waals surface area contributed by atoms with Crippen molar-refractivity contribution in [3.8, 4) is 0 Å². The molecule has 1 fully saturated rings. The van der Waals surface area contributed by atoms with E-state index in [4.69, 9.17) is 22.4 Å². The fourth-order valence-electron chi connectivity index (χ4n) is 2.18. The number of aromatic carboxylic acids is 1. The maximum atomic E-state index is 12.3. The number of aliphatic carboxylic acids is 1. The van der Waals surface area contributed by atoms with Gasteiger partial charge >= 0.3 is 23.8 Å². The summed E-state index contributed by atoms with van der Waals surface area (Å²) in [6.45, 7) is -0.669. The van der Waals surface area contributed by atoms with E-state index in [1.807, 2.05) is 0 Å². The molecule has 114 valence electrons. The number of benzene rings is 1. The van der Waals surface area contributed by atoms with E-state index >= 15 is 0 Å². The van der Waals surface area contributed by atoms with Crippen LogP contribution in [0.3, 0.4) is 0 Å². The zero-order valence-electron chi connectivity index (χ0n) is 11.1. The van der Waals surface area contributed by atoms with Crippen molar-refractivity contribution >= 4 is 46.5 Å². The summed E-state index contributed by atoms with van der Waals surface area (Å²) < 4.78 is -1.12. The fraction of sp³-hybridized carbons (Fsp3) is 0.154. The molecule has 1 saturated heterocycles. The molecule has 0 saturated carbocycles. The zero-order chi connectivity index (χ0) is 16.5. The Hall–Kier alpha value is -2.49. The molecule has 0 radical (unpaired) electrons. The number of nitrogens with zero attached hydrogens (tertiary/aromatic N) is 1. The molecule has 0 spiro atoms. The van der Waals surface area contributed by atoms with Crippen molar-refractivity contribution in [2.24, 2.45) is 0 Å². The lowest BCUT2D eigenvalue weighted by atomic mass is 10.2. The van der Waals surface area contributed by atoms with Gasteiger partial charge in [-0.3, -0.25) is 4.79 Å². The summed E-state index contributed by atoms with van der Waals surface area (Å²) >= 11 is 4.84. The first kappa shape index (κ1) is 15.9. The third kappa shape index (κ3) is 2.52. The first-order valence-corrected chi connectivity index (χ1v) is 6.51. The highest BCUT2D eigenvalue weighted by Gasteiger charge is 2.56. The van der Waals surface area contributed by atoms with E-state index in [1.165, 1.54) is 18.2 Å². The van der Waals surface area contributed by atoms with E-state index in [0.29, 0.717) is 0 Å². The number of carbonyl (C=O) groups excluding carboxylic acids is 2. The highest BCUT2D eigenvalue weighted by atomic mass is 32.1. The minimum Gasteiger partial charge on any atom is -0.480 e. The smallest absolute Gasteiger partial charge is 0.385 e. The summed E-state index contributed by atoms with van der Waals surface area (Å²) in [6.07, 6.45) is -0.307. The van der Waals surface area contributed by atoms with Gasteiger partial charge in [-0.2, -0.15) is 0 Å². The molecule has 9 heteroatoms. The van der Waals surface area contributed by atoms with Gasteiger partial charge in [0.1, 0.15) is 17.8 Å². The van der Waals surface area contributed by atoms with Crippen LogP contribution in [0.25, 0.3) is 0 Å². The molecule has 1 aromatic rings. The Kier molecular flexibility index (Phi) is 4.13. The Morgan fingerprint density at radius 2 is 1.95 bits per heavy atom. The number of thiocarbonyl (C=S) groups is 1. The number of carbonyl (C=O) groups is 4. The van der Waals surface area contributed by atoms with Crippen molar-refractivity contribution in [2.75, 3.05) is 6.54 Å². The predicted octanol–water partition coefficient (Wildman–Crippen LogP) is 0.108. The number of amides is 2. The maximum Gasteiger partial charge on any atom is 0.385 e. The minimum atomic E-state index is -1.27. The van der Waals surface area contributed by atoms with Crippen LogP contribution >= 0.6 is 12.2 Å². The summed E-state index contributed by atoms with van der Waals surface area (Å²) in [5.41, 5.74) is 2.24. The highest BCUT2D eigenvalue weighted by molar-refractivity contribution is 7.82. The van der Waals surface area contributed by atoms with Gasteiger partial charge in [0.2, 0.25) is 0 Å². The van der Waals surface area contributed by atoms with E-state index in [1.54, 1.807) is 0 Å². The standard InChI is InChI=1S/C13H10N2O6S/c16-10-5-9(22)12(19)15(10,14-6-11(17)18)8-3-1-2-7(4-8)13(20)21/h1-4,14H,5-6H2,(H-,17,18,20,21)/p+1. The first-order chi connectivity index (χ1) is 10.3. The van der Waals surface area contributed by atoms with E-state index < -0.39 is 34.9 Å². The Bertz CT molecular complexity index is 716. The van der Waals surface area contributed by atoms with Crippen LogP contribution < -0.4 is 10.0 Å². The lowest BCUT2D eigenvalue weighted by molar-refractivity contribution is -0.142. The average molecular weight is 323 g/mol. The first-order valence-electron chi connectivity index (χ1n) is 6.10. The maximum absolute atomic E-state index is 12.3. The predicted molar refractivity (Wildman–Crippen MR) is 78.1 cm³/mol. The Morgan fingerprint density at radius 3 is 2.45 bits per heavy atom. The quantitative estimate of drug-likeness (QED) is 0.396. The number of quaternary nitrogens is 1. The molecule has 2 rings (SSSR count). The minimum absolute atomic E-state index is 0.0102. The number of imide groups is 1. The number of rotatable bonds is 5. The molecule has 1 aromatic carbocycles. The van der Waals surface area contributed by atoms with Crippen LogP contribution in [0.15, 0.2) is 24.3 Å². The molecule has 1 aliphatic rings. The molecule has 8 nitrogen and oxygen atoms in total. The molecule has 1 aliphatic heterocycles. The normalized spacial score (nSPS) is 21.2. The van der Waals surface area contributed by atoms with Crippen molar-refractivity contribution in [1.82, 2.24) is 10.0 Å². The second-order valence-corrected chi connectivity index (χ2v) is 5.05. The molecule has 0 aromatic heterocycles. The van der Waals surface area contributed by atoms with Crippen LogP contribution in [0.2, 0.25) is 0 Å². The molecule has 2 amide bonds. The van der Waals surface area contributed by atoms with Gasteiger partial charge in [-0.05, 0) is 6.07 Å². The monoisotopic (exact) mass is 323 g/mol. The van der Waals surface area contributed by atoms with Gasteiger partial charge in [0.15, 0.2) is 5.69 Å². The highest BCUT2D eigenvalue weighted by Crippen LogP contribution is 2.29. The number of hydrogen-bond acceptors (Lipinski definition) is 6. The van der Waals surface area contributed by atoms with E-state index in [-0.39, 0.29) is 22.5 Å². The van der Waals surface area contributed by atoms with Crippen molar-refractivity contribution < 1.29 is 29.4 Å². The van der Waals surface area contributed by atoms with Crippen molar-refractivity contribution in [2.45, 2.75) is 6.42 Å². The van der Waals surface area contributed by atoms with Crippen LogP contribution in [0, 0.1) is 0 Å². The number of hydrogen-bond donors (Lipinski definition) is 3. The molecular formula is C13H11N2O6S+. The Morgan fingerprint density at radius 1 is 1.27 bits per heavy atom. The van der Waals surface area contributed by atoms with Crippen LogP contribution in [0.4, 0.5) is 5.69 Å². The van der Waals surface area contributed by atoms with Crippen LogP contribution in [-0.2, 0) is 14.4 Å². The summed E-state index contributed by atoms with van der Waals surface area (Å²) in [7, 11) is 0. The molecular weight excluding hydrogens is 312 g/mol. The van der Waals surface area contributed by atoms with E-state index in [9.17, 15) is 19.2 Å². The molecule has 1 atom stereocenters. The number of carboxylic acid groups (broad SMARTS) is 2. The number of nitrogens with one attached hydrogen (secondary N) is 1. The van der Waals surface area contributed by atoms with Crippen LogP contribution in [0.1, 0.15) is 16.8 Å². The van der Waals surface area contributed by atoms with E-state index in [0.717, 1.165) is 6.07 Å². The summed E-state index contributed by atoms with van der Waals surface area (Å²) in [6, 6.07) is 5.16. The summed E-state index contributed by atoms with van der Waals surface area (Å²) in [5.74, 6) is -3.94. The van der Waals surface area contributed by atoms with Gasteiger partial charge in [-0.1, -0.05) is 22.9 Å². The topological polar surface area (TPSA) is 121 Å². The van der Waals surface area contributed by atoms with Gasteiger partial charge in [-0.15, -0.1) is 5.43 Å². The molecule has 0 bridgehead atoms. The zero-order valence-corrected chi connectivity index (χ0v) is 11.9. The van der Waals surface area contributed by atoms with Crippen molar-refractivity contribution in [3.05, 3.63) is 29.8 Å². The van der Waals surface area contributed by atoms with Crippen molar-refractivity contribution in [1.29, 1.82) is 0 Å². The molecule has 1 heterocycles. The third-order valence-corrected chi connectivity index (χ3v) is 3.50. The van der Waals surface area contributed by atoms with Crippen LogP contribution in [0.5, 0.6) is 0 Å². The van der Waals surface area contributed by atoms with Gasteiger partial charge in [-0.25, -0.2) is 14.4 Å². The lowest BCUT2D eigenvalue weighted by Gasteiger charge is -2.26. The third-order valence-electron chi connectivity index (χ3n) is 3.18. The largest absolute Gasteiger partial charge is 0.480 e. The summed E-state index contributed by atoms with van der Waals surface area (Å²) in [4.78, 5) is 46.3. The molecule has 1 unspecified atom stereocenters. The molecule has 22 heavy (non-hydrogen) atoms. The van der Waals surface area contributed by atoms with Crippen molar-refractivity contribution in [3.63, 3.8) is 0 Å². The SMILES string of the molecule is O=C(O)CN[N+]1(c2cccc(C(=O)O)c2)C(=O)CC(=S)C1=O. The second kappa shape index (κ2) is 5.72. The molecule has 0 aliphatic carbocycles. The van der Waals surface area contributed by atoms with Gasteiger partial charge in [0.05, 0.1) is 5.56 Å². The average Bonchev–Trinajstić information content (AvgIpc) is 2.68.